The lowest BCUT2D eigenvalue weighted by atomic mass is 9.66. The molecule has 0 bridgehead atoms. The molecule has 2 atom stereocenters. The molecule has 8 aromatic rings. The number of aliphatic hydroxyl groups excluding tert-OH is 2. The number of carbonyl (C=O) groups excluding carboxylic acids is 2. The summed E-state index contributed by atoms with van der Waals surface area (Å²) in [7, 11) is 0. The molecule has 0 radical (unpaired) electrons. The number of unbranched alkanes of at least 4 members (excludes halogenated alkanes) is 2. The highest BCUT2D eigenvalue weighted by atomic mass is 16.3. The van der Waals surface area contributed by atoms with Crippen molar-refractivity contribution in [2.45, 2.75) is 78.1 Å². The molecule has 0 saturated heterocycles. The Morgan fingerprint density at radius 2 is 0.848 bits per heavy atom. The monoisotopic (exact) mass is 866 g/mol. The predicted molar refractivity (Wildman–Crippen MR) is 270 cm³/mol. The van der Waals surface area contributed by atoms with Crippen LogP contribution in [0.4, 0.5) is 11.4 Å². The minimum absolute atomic E-state index is 0.0680. The maximum Gasteiger partial charge on any atom is 0.210 e. The van der Waals surface area contributed by atoms with E-state index in [0.717, 1.165) is 105 Å². The molecule has 0 fully saturated rings. The van der Waals surface area contributed by atoms with E-state index in [1.54, 1.807) is 0 Å². The second kappa shape index (κ2) is 14.3. The highest BCUT2D eigenvalue weighted by Crippen LogP contribution is 2.54. The molecular weight excluding hydrogens is 813 g/mol. The van der Waals surface area contributed by atoms with Gasteiger partial charge in [-0.1, -0.05) is 124 Å². The molecule has 2 N–H and O–H groups in total. The summed E-state index contributed by atoms with van der Waals surface area (Å²) >= 11 is 0. The van der Waals surface area contributed by atoms with Gasteiger partial charge in [0.05, 0.1) is 22.0 Å². The molecule has 4 aliphatic rings. The summed E-state index contributed by atoms with van der Waals surface area (Å²) in [4.78, 5) is 29.7. The standard InChI is InChI=1S/C60H52N2O4/c1-7-9-31-61-43-29-23-33-15-11-13-17-37(33)51(43)59(3,4)57(61)49-53(63)47(54(49)64)41-27-21-35-20-26-40-42(28-22-36-19-25-39(41)45(35)46(36)40)48-55(65)50(56(48)66)58-60(5,6)52-38-18-14-12-16-34(38)24-30-44(52)62(58)32-10-8-2/h11-30,49-50H,7-10,31-32H2,1-6H3/p+2. The molecule has 6 nitrogen and oxygen atoms in total. The Labute approximate surface area is 384 Å². The fourth-order valence-electron chi connectivity index (χ4n) is 12.8. The van der Waals surface area contributed by atoms with E-state index in [0.29, 0.717) is 22.3 Å². The fourth-order valence-corrected chi connectivity index (χ4v) is 12.8. The Balaban J connectivity index is 0.971. The van der Waals surface area contributed by atoms with Crippen molar-refractivity contribution in [1.82, 2.24) is 0 Å². The quantitative estimate of drug-likeness (QED) is 0.106. The lowest BCUT2D eigenvalue weighted by molar-refractivity contribution is -0.441. The van der Waals surface area contributed by atoms with Crippen LogP contribution in [0.15, 0.2) is 133 Å². The van der Waals surface area contributed by atoms with Gasteiger partial charge in [0.25, 0.3) is 0 Å². The molecule has 66 heavy (non-hydrogen) atoms. The van der Waals surface area contributed by atoms with Crippen LogP contribution in [0, 0.1) is 11.8 Å². The lowest BCUT2D eigenvalue weighted by Crippen LogP contribution is -2.46. The number of carbonyl (C=O) groups is 2. The van der Waals surface area contributed by atoms with Crippen molar-refractivity contribution in [1.29, 1.82) is 0 Å². The zero-order chi connectivity index (χ0) is 45.6. The zero-order valence-electron chi connectivity index (χ0n) is 38.5. The Kier molecular flexibility index (Phi) is 8.79. The summed E-state index contributed by atoms with van der Waals surface area (Å²) in [5.74, 6) is -1.39. The molecule has 0 saturated carbocycles. The van der Waals surface area contributed by atoms with E-state index in [2.05, 4.69) is 148 Å². The van der Waals surface area contributed by atoms with Gasteiger partial charge in [0.2, 0.25) is 11.4 Å². The number of allylic oxidation sites excluding steroid dienone is 4. The Hall–Kier alpha value is -6.92. The number of fused-ring (bicyclic) bond motifs is 6. The topological polar surface area (TPSA) is 80.6 Å². The van der Waals surface area contributed by atoms with Crippen molar-refractivity contribution in [2.24, 2.45) is 11.8 Å². The molecular formula is C60H54N2O4+2. The van der Waals surface area contributed by atoms with Crippen molar-refractivity contribution >= 4 is 99.4 Å². The van der Waals surface area contributed by atoms with E-state index >= 15 is 0 Å². The van der Waals surface area contributed by atoms with Gasteiger partial charge in [-0.25, -0.2) is 0 Å². The van der Waals surface area contributed by atoms with Gasteiger partial charge in [0.15, 0.2) is 34.8 Å². The Bertz CT molecular complexity index is 3390. The van der Waals surface area contributed by atoms with E-state index in [-0.39, 0.29) is 23.1 Å². The largest absolute Gasteiger partial charge is 0.510 e. The Morgan fingerprint density at radius 1 is 0.470 bits per heavy atom. The average Bonchev–Trinajstić information content (AvgIpc) is 3.68. The van der Waals surface area contributed by atoms with Crippen molar-refractivity contribution in [3.8, 4) is 0 Å². The van der Waals surface area contributed by atoms with Crippen LogP contribution in [0.1, 0.15) is 89.5 Å². The van der Waals surface area contributed by atoms with Gasteiger partial charge in [0.1, 0.15) is 24.6 Å². The van der Waals surface area contributed by atoms with Crippen molar-refractivity contribution in [2.75, 3.05) is 13.1 Å². The molecule has 326 valence electrons. The van der Waals surface area contributed by atoms with E-state index in [9.17, 15) is 19.8 Å². The van der Waals surface area contributed by atoms with Crippen LogP contribution in [-0.2, 0) is 20.4 Å². The maximum atomic E-state index is 14.9. The van der Waals surface area contributed by atoms with Crippen LogP contribution in [-0.4, -0.2) is 55.4 Å². The second-order valence-electron chi connectivity index (χ2n) is 20.2. The number of nitrogens with zero attached hydrogens (tertiary/aromatic N) is 2. The van der Waals surface area contributed by atoms with E-state index in [4.69, 9.17) is 0 Å². The third kappa shape index (κ3) is 5.24. The van der Waals surface area contributed by atoms with Crippen molar-refractivity contribution in [3.05, 3.63) is 155 Å². The predicted octanol–water partition coefficient (Wildman–Crippen LogP) is 13.6. The van der Waals surface area contributed by atoms with Gasteiger partial charge >= 0.3 is 0 Å². The normalized spacial score (nSPS) is 19.9. The number of Topliss-reactive ketones (excluding diaryl/α,β-unsaturated/α-hetero) is 2. The van der Waals surface area contributed by atoms with Crippen LogP contribution >= 0.6 is 0 Å². The van der Waals surface area contributed by atoms with Crippen LogP contribution in [0.2, 0.25) is 0 Å². The van der Waals surface area contributed by atoms with E-state index in [1.807, 2.05) is 24.3 Å². The highest BCUT2D eigenvalue weighted by molar-refractivity contribution is 6.42. The molecule has 6 heteroatoms. The number of hydrogen-bond donors (Lipinski definition) is 2. The Morgan fingerprint density at radius 3 is 1.24 bits per heavy atom. The van der Waals surface area contributed by atoms with E-state index < -0.39 is 22.7 Å². The van der Waals surface area contributed by atoms with Crippen molar-refractivity contribution < 1.29 is 29.0 Å². The van der Waals surface area contributed by atoms with Gasteiger partial charge in [0, 0.05) is 36.1 Å². The third-order valence-corrected chi connectivity index (χ3v) is 15.8. The summed E-state index contributed by atoms with van der Waals surface area (Å²) in [6.45, 7) is 14.7. The molecule has 0 spiro atoms. The first-order valence-electron chi connectivity index (χ1n) is 23.9. The summed E-state index contributed by atoms with van der Waals surface area (Å²) < 4.78 is 4.64. The maximum absolute atomic E-state index is 14.9. The molecule has 2 aliphatic carbocycles. The van der Waals surface area contributed by atoms with E-state index in [1.165, 1.54) is 21.9 Å². The third-order valence-electron chi connectivity index (χ3n) is 15.8. The number of aliphatic hydroxyl groups is 2. The van der Waals surface area contributed by atoms with Crippen LogP contribution in [0.3, 0.4) is 0 Å². The van der Waals surface area contributed by atoms with Gasteiger partial charge in [-0.2, -0.15) is 9.15 Å². The van der Waals surface area contributed by atoms with Gasteiger partial charge in [-0.15, -0.1) is 0 Å². The minimum atomic E-state index is -0.747. The number of benzene rings is 8. The fraction of sp³-hybridized carbons (Fsp3) is 0.267. The average molecular weight is 867 g/mol. The molecule has 8 aromatic carbocycles. The lowest BCUT2D eigenvalue weighted by Gasteiger charge is -2.32. The van der Waals surface area contributed by atoms with Crippen LogP contribution in [0.5, 0.6) is 0 Å². The summed E-state index contributed by atoms with van der Waals surface area (Å²) in [6, 6.07) is 41.9. The minimum Gasteiger partial charge on any atom is -0.510 e. The molecule has 2 unspecified atom stereocenters. The van der Waals surface area contributed by atoms with Crippen LogP contribution < -0.4 is 0 Å². The van der Waals surface area contributed by atoms with Gasteiger partial charge in [-0.3, -0.25) is 9.59 Å². The smallest absolute Gasteiger partial charge is 0.210 e. The number of ketones is 2. The van der Waals surface area contributed by atoms with Crippen LogP contribution in [0.25, 0.3) is 65.0 Å². The molecule has 0 amide bonds. The molecule has 12 rings (SSSR count). The second-order valence-corrected chi connectivity index (χ2v) is 20.2. The molecule has 2 aliphatic heterocycles. The first-order chi connectivity index (χ1) is 31.9. The first kappa shape index (κ1) is 40.6. The summed E-state index contributed by atoms with van der Waals surface area (Å²) in [5, 5.41) is 35.0. The highest BCUT2D eigenvalue weighted by Gasteiger charge is 2.59. The zero-order valence-corrected chi connectivity index (χ0v) is 38.5. The molecule has 2 heterocycles. The number of rotatable bonds is 10. The SMILES string of the molecule is CCCC[N+]1=C(C2C(=O)C(c3ccc4ccc5c(C6=C(O)C(C7=[N+](CCCC)c8ccc9ccccc9c8C7(C)C)C6=O)ccc6ccc3c4c65)=C2O)C(C)(C)c2c1ccc1ccccc21. The first-order valence-corrected chi connectivity index (χ1v) is 23.9. The summed E-state index contributed by atoms with van der Waals surface area (Å²) in [5.41, 5.74) is 7.68. The summed E-state index contributed by atoms with van der Waals surface area (Å²) in [6.07, 6.45) is 3.94. The molecule has 0 aromatic heterocycles. The van der Waals surface area contributed by atoms with Gasteiger partial charge < -0.3 is 10.2 Å². The van der Waals surface area contributed by atoms with Gasteiger partial charge in [-0.05, 0) is 105 Å². The number of hydrogen-bond acceptors (Lipinski definition) is 4. The van der Waals surface area contributed by atoms with Crippen molar-refractivity contribution in [3.63, 3.8) is 0 Å².